The maximum Gasteiger partial charge on any atom is 0.162 e. The number of halogens is 1. The van der Waals surface area contributed by atoms with Gasteiger partial charge in [-0.3, -0.25) is 4.79 Å². The van der Waals surface area contributed by atoms with Crippen LogP contribution in [-0.2, 0) is 0 Å². The highest BCUT2D eigenvalue weighted by molar-refractivity contribution is 9.10. The minimum atomic E-state index is 0.187. The lowest BCUT2D eigenvalue weighted by Crippen LogP contribution is -1.95. The smallest absolute Gasteiger partial charge is 0.162 e. The Labute approximate surface area is 130 Å². The molecule has 0 N–H and O–H groups in total. The van der Waals surface area contributed by atoms with Crippen LogP contribution in [0.4, 0.5) is 0 Å². The van der Waals surface area contributed by atoms with E-state index in [1.165, 1.54) is 15.0 Å². The van der Waals surface area contributed by atoms with E-state index in [2.05, 4.69) is 34.1 Å². The van der Waals surface area contributed by atoms with E-state index < -0.39 is 0 Å². The first-order valence-electron chi connectivity index (χ1n) is 6.51. The van der Waals surface area contributed by atoms with Gasteiger partial charge >= 0.3 is 0 Å². The largest absolute Gasteiger partial charge is 0.294 e. The molecule has 0 aliphatic rings. The van der Waals surface area contributed by atoms with E-state index >= 15 is 0 Å². The van der Waals surface area contributed by atoms with Crippen molar-refractivity contribution in [2.45, 2.75) is 13.3 Å². The molecule has 3 heteroatoms. The van der Waals surface area contributed by atoms with Crippen LogP contribution in [-0.4, -0.2) is 5.78 Å². The van der Waals surface area contributed by atoms with Crippen LogP contribution in [0.15, 0.2) is 53.0 Å². The lowest BCUT2D eigenvalue weighted by molar-refractivity contribution is 0.0988. The molecule has 0 aliphatic heterocycles. The van der Waals surface area contributed by atoms with Gasteiger partial charge in [-0.05, 0) is 27.6 Å². The SMILES string of the molecule is CCC(=O)c1ccc(-c2sc3ccccc3c2Br)cc1. The van der Waals surface area contributed by atoms with Crippen LogP contribution in [0.3, 0.4) is 0 Å². The molecule has 1 heterocycles. The van der Waals surface area contributed by atoms with Crippen LogP contribution in [0.1, 0.15) is 23.7 Å². The lowest BCUT2D eigenvalue weighted by Gasteiger charge is -2.01. The molecule has 2 aromatic carbocycles. The van der Waals surface area contributed by atoms with E-state index in [1.54, 1.807) is 11.3 Å². The molecule has 3 aromatic rings. The lowest BCUT2D eigenvalue weighted by atomic mass is 10.1. The van der Waals surface area contributed by atoms with Crippen LogP contribution in [0.5, 0.6) is 0 Å². The summed E-state index contributed by atoms with van der Waals surface area (Å²) in [5.74, 6) is 0.187. The topological polar surface area (TPSA) is 17.1 Å². The average molecular weight is 345 g/mol. The Hall–Kier alpha value is -1.45. The summed E-state index contributed by atoms with van der Waals surface area (Å²) in [6.45, 7) is 1.89. The average Bonchev–Trinajstić information content (AvgIpc) is 2.84. The Morgan fingerprint density at radius 2 is 1.80 bits per heavy atom. The number of carbonyl (C=O) groups is 1. The monoisotopic (exact) mass is 344 g/mol. The van der Waals surface area contributed by atoms with Crippen molar-refractivity contribution in [1.82, 2.24) is 0 Å². The molecular formula is C17H13BrOS. The third-order valence-corrected chi connectivity index (χ3v) is 5.63. The van der Waals surface area contributed by atoms with Crippen molar-refractivity contribution in [2.75, 3.05) is 0 Å². The van der Waals surface area contributed by atoms with Gasteiger partial charge in [-0.1, -0.05) is 49.4 Å². The number of hydrogen-bond donors (Lipinski definition) is 0. The van der Waals surface area contributed by atoms with Gasteiger partial charge < -0.3 is 0 Å². The molecule has 0 spiro atoms. The Morgan fingerprint density at radius 3 is 2.45 bits per heavy atom. The quantitative estimate of drug-likeness (QED) is 0.538. The van der Waals surface area contributed by atoms with Gasteiger partial charge in [0.15, 0.2) is 5.78 Å². The summed E-state index contributed by atoms with van der Waals surface area (Å²) in [5.41, 5.74) is 1.93. The zero-order valence-corrected chi connectivity index (χ0v) is 13.4. The molecular weight excluding hydrogens is 332 g/mol. The molecule has 0 unspecified atom stereocenters. The number of ketones is 1. The zero-order valence-electron chi connectivity index (χ0n) is 11.0. The predicted octanol–water partition coefficient (Wildman–Crippen LogP) is 5.92. The van der Waals surface area contributed by atoms with Gasteiger partial charge in [0.2, 0.25) is 0 Å². The van der Waals surface area contributed by atoms with E-state index in [0.29, 0.717) is 6.42 Å². The standard InChI is InChI=1S/C17H13BrOS/c1-2-14(19)11-7-9-12(10-8-11)17-16(18)13-5-3-4-6-15(13)20-17/h3-10H,2H2,1H3. The van der Waals surface area contributed by atoms with Crippen molar-refractivity contribution in [3.63, 3.8) is 0 Å². The zero-order chi connectivity index (χ0) is 14.1. The summed E-state index contributed by atoms with van der Waals surface area (Å²) in [6, 6.07) is 16.2. The van der Waals surface area contributed by atoms with E-state index in [1.807, 2.05) is 37.3 Å². The van der Waals surface area contributed by atoms with Crippen LogP contribution in [0, 0.1) is 0 Å². The minimum absolute atomic E-state index is 0.187. The van der Waals surface area contributed by atoms with Gasteiger partial charge in [0.05, 0.1) is 0 Å². The fourth-order valence-corrected chi connectivity index (χ4v) is 4.26. The maximum atomic E-state index is 11.7. The number of carbonyl (C=O) groups excluding carboxylic acids is 1. The normalized spacial score (nSPS) is 10.9. The fourth-order valence-electron chi connectivity index (χ4n) is 2.21. The predicted molar refractivity (Wildman–Crippen MR) is 89.6 cm³/mol. The molecule has 100 valence electrons. The van der Waals surface area contributed by atoms with Crippen molar-refractivity contribution in [3.8, 4) is 10.4 Å². The van der Waals surface area contributed by atoms with E-state index in [0.717, 1.165) is 15.6 Å². The third kappa shape index (κ3) is 2.32. The van der Waals surface area contributed by atoms with E-state index in [9.17, 15) is 4.79 Å². The first kappa shape index (κ1) is 13.5. The van der Waals surface area contributed by atoms with Gasteiger partial charge in [-0.25, -0.2) is 0 Å². The van der Waals surface area contributed by atoms with Crippen molar-refractivity contribution in [2.24, 2.45) is 0 Å². The highest BCUT2D eigenvalue weighted by atomic mass is 79.9. The van der Waals surface area contributed by atoms with E-state index in [4.69, 9.17) is 0 Å². The molecule has 0 atom stereocenters. The highest BCUT2D eigenvalue weighted by Crippen LogP contribution is 2.41. The molecule has 0 saturated carbocycles. The number of rotatable bonds is 3. The second-order valence-electron chi connectivity index (χ2n) is 4.60. The van der Waals surface area contributed by atoms with Gasteiger partial charge in [0, 0.05) is 31.4 Å². The van der Waals surface area contributed by atoms with Gasteiger partial charge in [-0.15, -0.1) is 11.3 Å². The van der Waals surface area contributed by atoms with E-state index in [-0.39, 0.29) is 5.78 Å². The van der Waals surface area contributed by atoms with Crippen molar-refractivity contribution >= 4 is 43.1 Å². The van der Waals surface area contributed by atoms with Gasteiger partial charge in [0.25, 0.3) is 0 Å². The second kappa shape index (κ2) is 5.51. The van der Waals surface area contributed by atoms with Crippen LogP contribution in [0.2, 0.25) is 0 Å². The third-order valence-electron chi connectivity index (χ3n) is 3.33. The molecule has 0 fully saturated rings. The highest BCUT2D eigenvalue weighted by Gasteiger charge is 2.11. The molecule has 0 amide bonds. The summed E-state index contributed by atoms with van der Waals surface area (Å²) >= 11 is 5.46. The Kier molecular flexibility index (Phi) is 3.72. The van der Waals surface area contributed by atoms with Gasteiger partial charge in [0.1, 0.15) is 0 Å². The van der Waals surface area contributed by atoms with Crippen LogP contribution in [0.25, 0.3) is 20.5 Å². The first-order valence-corrected chi connectivity index (χ1v) is 8.12. The Morgan fingerprint density at radius 1 is 1.10 bits per heavy atom. The number of hydrogen-bond acceptors (Lipinski definition) is 2. The molecule has 1 nitrogen and oxygen atoms in total. The number of fused-ring (bicyclic) bond motifs is 1. The van der Waals surface area contributed by atoms with Gasteiger partial charge in [-0.2, -0.15) is 0 Å². The van der Waals surface area contributed by atoms with Crippen LogP contribution >= 0.6 is 27.3 Å². The number of thiophene rings is 1. The minimum Gasteiger partial charge on any atom is -0.294 e. The maximum absolute atomic E-state index is 11.7. The molecule has 3 rings (SSSR count). The summed E-state index contributed by atoms with van der Waals surface area (Å²) in [5, 5.41) is 1.24. The number of Topliss-reactive ketones (excluding diaryl/α,β-unsaturated/α-hetero) is 1. The summed E-state index contributed by atoms with van der Waals surface area (Å²) in [4.78, 5) is 12.9. The summed E-state index contributed by atoms with van der Waals surface area (Å²) < 4.78 is 2.40. The Balaban J connectivity index is 2.07. The van der Waals surface area contributed by atoms with Crippen molar-refractivity contribution < 1.29 is 4.79 Å². The second-order valence-corrected chi connectivity index (χ2v) is 6.44. The summed E-state index contributed by atoms with van der Waals surface area (Å²) in [7, 11) is 0. The molecule has 0 bridgehead atoms. The molecule has 0 radical (unpaired) electrons. The molecule has 0 saturated heterocycles. The first-order chi connectivity index (χ1) is 9.70. The Bertz CT molecular complexity index is 771. The molecule has 0 aliphatic carbocycles. The summed E-state index contributed by atoms with van der Waals surface area (Å²) in [6.07, 6.45) is 0.548. The van der Waals surface area contributed by atoms with Crippen molar-refractivity contribution in [1.29, 1.82) is 0 Å². The van der Waals surface area contributed by atoms with Crippen molar-refractivity contribution in [3.05, 3.63) is 58.6 Å². The fraction of sp³-hybridized carbons (Fsp3) is 0.118. The number of benzene rings is 2. The molecule has 1 aromatic heterocycles. The molecule has 20 heavy (non-hydrogen) atoms. The van der Waals surface area contributed by atoms with Crippen LogP contribution < -0.4 is 0 Å².